The molecule has 0 spiro atoms. The van der Waals surface area contributed by atoms with E-state index >= 15 is 0 Å². The Kier molecular flexibility index (Phi) is 7.76. The Morgan fingerprint density at radius 3 is 2.42 bits per heavy atom. The largest absolute Gasteiger partial charge is 0.493 e. The topological polar surface area (TPSA) is 59.6 Å². The number of amides is 1. The van der Waals surface area contributed by atoms with Gasteiger partial charge in [0.15, 0.2) is 11.5 Å². The second-order valence-corrected chi connectivity index (χ2v) is 7.92. The van der Waals surface area contributed by atoms with Gasteiger partial charge in [0.25, 0.3) is 0 Å². The van der Waals surface area contributed by atoms with E-state index in [2.05, 4.69) is 26.6 Å². The molecule has 0 aliphatic heterocycles. The van der Waals surface area contributed by atoms with E-state index < -0.39 is 5.82 Å². The molecule has 3 rings (SSSR count). The molecule has 8 heteroatoms. The Balaban J connectivity index is 1.80. The Hall–Kier alpha value is -2.77. The maximum absolute atomic E-state index is 14.2. The second-order valence-electron chi connectivity index (χ2n) is 6.66. The summed E-state index contributed by atoms with van der Waals surface area (Å²) >= 11 is 9.68. The molecule has 3 aromatic rings. The van der Waals surface area contributed by atoms with Crippen molar-refractivity contribution in [3.05, 3.63) is 81.0 Å². The number of hydrogen-bond acceptors (Lipinski definition) is 4. The molecule has 3 aromatic carbocycles. The molecule has 0 aromatic heterocycles. The number of hydrogen-bond donors (Lipinski definition) is 2. The van der Waals surface area contributed by atoms with Crippen LogP contribution in [0.1, 0.15) is 18.1 Å². The fraction of sp³-hybridized carbons (Fsp3) is 0.174. The average molecular weight is 508 g/mol. The first-order valence-corrected chi connectivity index (χ1v) is 10.6. The van der Waals surface area contributed by atoms with Gasteiger partial charge in [0, 0.05) is 40.4 Å². The Labute approximate surface area is 193 Å². The van der Waals surface area contributed by atoms with Crippen LogP contribution in [-0.2, 0) is 17.9 Å². The minimum atomic E-state index is -0.430. The molecule has 0 heterocycles. The van der Waals surface area contributed by atoms with E-state index in [1.165, 1.54) is 13.0 Å². The molecule has 0 fully saturated rings. The van der Waals surface area contributed by atoms with E-state index in [0.717, 1.165) is 15.7 Å². The third kappa shape index (κ3) is 5.89. The van der Waals surface area contributed by atoms with E-state index in [1.807, 2.05) is 30.3 Å². The molecule has 162 valence electrons. The van der Waals surface area contributed by atoms with Crippen LogP contribution in [0.4, 0.5) is 15.8 Å². The lowest BCUT2D eigenvalue weighted by molar-refractivity contribution is -0.114. The third-order valence-corrected chi connectivity index (χ3v) is 5.58. The zero-order valence-corrected chi connectivity index (χ0v) is 19.3. The van der Waals surface area contributed by atoms with Crippen molar-refractivity contribution in [3.8, 4) is 11.5 Å². The number of anilines is 2. The number of ether oxygens (including phenoxy) is 2. The van der Waals surface area contributed by atoms with Crippen molar-refractivity contribution in [1.29, 1.82) is 0 Å². The van der Waals surface area contributed by atoms with Gasteiger partial charge in [-0.15, -0.1) is 0 Å². The van der Waals surface area contributed by atoms with Crippen LogP contribution in [-0.4, -0.2) is 13.0 Å². The molecule has 1 amide bonds. The summed E-state index contributed by atoms with van der Waals surface area (Å²) in [5, 5.41) is 6.34. The molecular weight excluding hydrogens is 487 g/mol. The van der Waals surface area contributed by atoms with Crippen molar-refractivity contribution in [2.24, 2.45) is 0 Å². The monoisotopic (exact) mass is 506 g/mol. The van der Waals surface area contributed by atoms with Crippen LogP contribution in [0.25, 0.3) is 0 Å². The van der Waals surface area contributed by atoms with Gasteiger partial charge in [-0.25, -0.2) is 4.39 Å². The van der Waals surface area contributed by atoms with Gasteiger partial charge < -0.3 is 20.1 Å². The van der Waals surface area contributed by atoms with E-state index in [9.17, 15) is 9.18 Å². The maximum Gasteiger partial charge on any atom is 0.221 e. The molecule has 0 aliphatic carbocycles. The molecule has 0 unspecified atom stereocenters. The normalized spacial score (nSPS) is 10.5. The summed E-state index contributed by atoms with van der Waals surface area (Å²) in [5.74, 6) is 0.449. The van der Waals surface area contributed by atoms with Crippen LogP contribution >= 0.6 is 27.5 Å². The summed E-state index contributed by atoms with van der Waals surface area (Å²) in [4.78, 5) is 11.2. The quantitative estimate of drug-likeness (QED) is 0.370. The van der Waals surface area contributed by atoms with Gasteiger partial charge in [0.2, 0.25) is 5.91 Å². The van der Waals surface area contributed by atoms with E-state index in [-0.39, 0.29) is 18.1 Å². The summed E-state index contributed by atoms with van der Waals surface area (Å²) in [6.45, 7) is 1.83. The zero-order chi connectivity index (χ0) is 22.4. The van der Waals surface area contributed by atoms with Crippen LogP contribution in [0.5, 0.6) is 11.5 Å². The van der Waals surface area contributed by atoms with Gasteiger partial charge in [-0.05, 0) is 48.5 Å². The summed E-state index contributed by atoms with van der Waals surface area (Å²) < 4.78 is 26.4. The zero-order valence-electron chi connectivity index (χ0n) is 17.0. The van der Waals surface area contributed by atoms with Gasteiger partial charge in [0.1, 0.15) is 12.4 Å². The molecule has 0 saturated carbocycles. The van der Waals surface area contributed by atoms with E-state index in [1.54, 1.807) is 25.3 Å². The number of carbonyl (C=O) groups is 1. The van der Waals surface area contributed by atoms with Crippen molar-refractivity contribution in [2.45, 2.75) is 20.1 Å². The fourth-order valence-corrected chi connectivity index (χ4v) is 3.62. The van der Waals surface area contributed by atoms with Crippen LogP contribution in [0.15, 0.2) is 59.1 Å². The lowest BCUT2D eigenvalue weighted by Gasteiger charge is -2.18. The number of halogens is 3. The second kappa shape index (κ2) is 10.5. The predicted molar refractivity (Wildman–Crippen MR) is 125 cm³/mol. The molecule has 0 saturated heterocycles. The summed E-state index contributed by atoms with van der Waals surface area (Å²) in [6, 6.07) is 15.5. The van der Waals surface area contributed by atoms with Crippen LogP contribution in [0.3, 0.4) is 0 Å². The van der Waals surface area contributed by atoms with Crippen molar-refractivity contribution >= 4 is 44.8 Å². The van der Waals surface area contributed by atoms with Crippen LogP contribution < -0.4 is 20.1 Å². The van der Waals surface area contributed by atoms with Gasteiger partial charge in [-0.2, -0.15) is 0 Å². The van der Waals surface area contributed by atoms with Crippen LogP contribution in [0, 0.1) is 5.82 Å². The molecular formula is C23H21BrClFN2O3. The van der Waals surface area contributed by atoms with Crippen molar-refractivity contribution in [1.82, 2.24) is 0 Å². The lowest BCUT2D eigenvalue weighted by atomic mass is 10.1. The first-order valence-electron chi connectivity index (χ1n) is 9.41. The molecule has 2 N–H and O–H groups in total. The highest BCUT2D eigenvalue weighted by Gasteiger charge is 2.17. The third-order valence-electron chi connectivity index (χ3n) is 4.48. The van der Waals surface area contributed by atoms with E-state index in [4.69, 9.17) is 21.1 Å². The lowest BCUT2D eigenvalue weighted by Crippen LogP contribution is -2.08. The Morgan fingerprint density at radius 2 is 1.77 bits per heavy atom. The Bertz CT molecular complexity index is 1060. The molecule has 0 radical (unpaired) electrons. The fourth-order valence-electron chi connectivity index (χ4n) is 2.95. The van der Waals surface area contributed by atoms with Gasteiger partial charge in [-0.3, -0.25) is 4.79 Å². The molecule has 0 atom stereocenters. The summed E-state index contributed by atoms with van der Waals surface area (Å²) in [7, 11) is 1.55. The highest BCUT2D eigenvalue weighted by atomic mass is 79.9. The molecule has 0 aliphatic rings. The van der Waals surface area contributed by atoms with Crippen molar-refractivity contribution < 1.29 is 18.7 Å². The number of nitrogens with one attached hydrogen (secondary N) is 2. The molecule has 31 heavy (non-hydrogen) atoms. The first kappa shape index (κ1) is 22.9. The number of benzene rings is 3. The summed E-state index contributed by atoms with van der Waals surface area (Å²) in [6.07, 6.45) is 0. The number of methoxy groups -OCH3 is 1. The molecule has 0 bridgehead atoms. The van der Waals surface area contributed by atoms with Gasteiger partial charge >= 0.3 is 0 Å². The minimum Gasteiger partial charge on any atom is -0.493 e. The smallest absolute Gasteiger partial charge is 0.221 e. The minimum absolute atomic E-state index is 0.0449. The average Bonchev–Trinajstić information content (AvgIpc) is 2.73. The van der Waals surface area contributed by atoms with Crippen LogP contribution in [0.2, 0.25) is 5.02 Å². The van der Waals surface area contributed by atoms with E-state index in [0.29, 0.717) is 28.8 Å². The maximum atomic E-state index is 14.2. The number of carbonyl (C=O) groups excluding carboxylic acids is 1. The van der Waals surface area contributed by atoms with Gasteiger partial charge in [-0.1, -0.05) is 33.6 Å². The molecule has 5 nitrogen and oxygen atoms in total. The van der Waals surface area contributed by atoms with Gasteiger partial charge in [0.05, 0.1) is 12.1 Å². The Morgan fingerprint density at radius 1 is 1.06 bits per heavy atom. The number of rotatable bonds is 8. The highest BCUT2D eigenvalue weighted by Crippen LogP contribution is 2.38. The predicted octanol–water partition coefficient (Wildman–Crippen LogP) is 6.40. The summed E-state index contributed by atoms with van der Waals surface area (Å²) in [5.41, 5.74) is 2.65. The highest BCUT2D eigenvalue weighted by molar-refractivity contribution is 9.10. The van der Waals surface area contributed by atoms with Crippen molar-refractivity contribution in [2.75, 3.05) is 17.7 Å². The SMILES string of the molecule is COc1ccc(Br)c(CNc2ccc(NC(C)=O)cc2)c1OCc1c(F)cccc1Cl. The standard InChI is InChI=1S/C23H21BrClFN2O3/c1-14(29)28-16-8-6-15(7-9-16)27-12-17-19(24)10-11-22(30-2)23(17)31-13-18-20(25)4-3-5-21(18)26/h3-11,27H,12-13H2,1-2H3,(H,28,29). The first-order chi connectivity index (χ1) is 14.9. The van der Waals surface area contributed by atoms with Crippen molar-refractivity contribution in [3.63, 3.8) is 0 Å².